The normalized spacial score (nSPS) is 46.1. The number of hydrogen-bond acceptors (Lipinski definition) is 1. The first-order valence-corrected chi connectivity index (χ1v) is 5.26. The van der Waals surface area contributed by atoms with Crippen LogP contribution >= 0.6 is 0 Å². The SMILES string of the molecule is C=C(C)[C@H]1O[C@@H](C)[C@H](C)[C@@H](C)[C@@H]1C. The van der Waals surface area contributed by atoms with Crippen molar-refractivity contribution in [1.82, 2.24) is 0 Å². The summed E-state index contributed by atoms with van der Waals surface area (Å²) in [5.74, 6) is 1.99. The van der Waals surface area contributed by atoms with Crippen LogP contribution in [0.3, 0.4) is 0 Å². The molecule has 0 unspecified atom stereocenters. The molecule has 0 aromatic rings. The maximum absolute atomic E-state index is 5.94. The Labute approximate surface area is 82.2 Å². The van der Waals surface area contributed by atoms with Gasteiger partial charge in [-0.05, 0) is 31.6 Å². The average Bonchev–Trinajstić information content (AvgIpc) is 2.07. The van der Waals surface area contributed by atoms with Gasteiger partial charge in [-0.25, -0.2) is 0 Å². The van der Waals surface area contributed by atoms with Crippen molar-refractivity contribution >= 4 is 0 Å². The van der Waals surface area contributed by atoms with E-state index in [0.29, 0.717) is 17.9 Å². The second-order valence-electron chi connectivity index (χ2n) is 4.69. The smallest absolute Gasteiger partial charge is 0.0811 e. The Morgan fingerprint density at radius 1 is 1.00 bits per heavy atom. The molecule has 0 aliphatic carbocycles. The van der Waals surface area contributed by atoms with Crippen molar-refractivity contribution < 1.29 is 4.74 Å². The van der Waals surface area contributed by atoms with Gasteiger partial charge in [0.25, 0.3) is 0 Å². The van der Waals surface area contributed by atoms with Gasteiger partial charge in [0, 0.05) is 0 Å². The van der Waals surface area contributed by atoms with E-state index in [0.717, 1.165) is 11.5 Å². The molecule has 0 spiro atoms. The summed E-state index contributed by atoms with van der Waals surface area (Å²) in [5, 5.41) is 0. The van der Waals surface area contributed by atoms with Crippen LogP contribution in [0, 0.1) is 17.8 Å². The third-order valence-corrected chi connectivity index (χ3v) is 3.72. The Morgan fingerprint density at radius 2 is 1.54 bits per heavy atom. The summed E-state index contributed by atoms with van der Waals surface area (Å²) in [4.78, 5) is 0. The number of hydrogen-bond donors (Lipinski definition) is 0. The summed E-state index contributed by atoms with van der Waals surface area (Å²) in [5.41, 5.74) is 1.16. The molecule has 1 aliphatic rings. The fourth-order valence-corrected chi connectivity index (χ4v) is 2.23. The lowest BCUT2D eigenvalue weighted by Gasteiger charge is -2.43. The molecular formula is C12H22O. The maximum atomic E-state index is 5.94. The lowest BCUT2D eigenvalue weighted by Crippen LogP contribution is -2.43. The number of rotatable bonds is 1. The highest BCUT2D eigenvalue weighted by Gasteiger charge is 2.36. The van der Waals surface area contributed by atoms with Gasteiger partial charge in [-0.1, -0.05) is 32.9 Å². The van der Waals surface area contributed by atoms with Crippen LogP contribution in [0.5, 0.6) is 0 Å². The van der Waals surface area contributed by atoms with Gasteiger partial charge in [-0.15, -0.1) is 0 Å². The van der Waals surface area contributed by atoms with Gasteiger partial charge < -0.3 is 4.74 Å². The summed E-state index contributed by atoms with van der Waals surface area (Å²) in [6.45, 7) is 15.1. The van der Waals surface area contributed by atoms with Crippen molar-refractivity contribution in [2.24, 2.45) is 17.8 Å². The summed E-state index contributed by atoms with van der Waals surface area (Å²) < 4.78 is 5.94. The van der Waals surface area contributed by atoms with E-state index in [9.17, 15) is 0 Å². The molecule has 1 fully saturated rings. The van der Waals surface area contributed by atoms with Crippen LogP contribution in [0.25, 0.3) is 0 Å². The zero-order valence-corrected chi connectivity index (χ0v) is 9.50. The van der Waals surface area contributed by atoms with Gasteiger partial charge in [0.15, 0.2) is 0 Å². The van der Waals surface area contributed by atoms with Crippen LogP contribution in [0.1, 0.15) is 34.6 Å². The first kappa shape index (κ1) is 10.8. The molecule has 1 saturated heterocycles. The molecule has 0 bridgehead atoms. The zero-order chi connectivity index (χ0) is 10.2. The Hall–Kier alpha value is -0.300. The minimum Gasteiger partial charge on any atom is -0.370 e. The van der Waals surface area contributed by atoms with Crippen LogP contribution in [0.2, 0.25) is 0 Å². The van der Waals surface area contributed by atoms with E-state index in [1.807, 2.05) is 0 Å². The monoisotopic (exact) mass is 182 g/mol. The van der Waals surface area contributed by atoms with E-state index in [1.165, 1.54) is 0 Å². The van der Waals surface area contributed by atoms with Crippen molar-refractivity contribution in [3.05, 3.63) is 12.2 Å². The molecule has 13 heavy (non-hydrogen) atoms. The number of ether oxygens (including phenoxy) is 1. The van der Waals surface area contributed by atoms with Gasteiger partial charge in [-0.2, -0.15) is 0 Å². The standard InChI is InChI=1S/C12H22O/c1-7(2)12-10(5)8(3)9(4)11(6)13-12/h8-12H,1H2,2-6H3/t8-,9-,10+,11+,12-/m1/s1. The molecule has 5 atom stereocenters. The van der Waals surface area contributed by atoms with E-state index < -0.39 is 0 Å². The summed E-state index contributed by atoms with van der Waals surface area (Å²) in [7, 11) is 0. The highest BCUT2D eigenvalue weighted by Crippen LogP contribution is 2.36. The van der Waals surface area contributed by atoms with Crippen molar-refractivity contribution in [2.45, 2.75) is 46.8 Å². The molecule has 1 nitrogen and oxygen atoms in total. The molecule has 0 radical (unpaired) electrons. The van der Waals surface area contributed by atoms with Crippen molar-refractivity contribution in [3.63, 3.8) is 0 Å². The molecule has 1 heterocycles. The lowest BCUT2D eigenvalue weighted by molar-refractivity contribution is -0.108. The third-order valence-electron chi connectivity index (χ3n) is 3.72. The average molecular weight is 182 g/mol. The molecule has 1 heteroatoms. The van der Waals surface area contributed by atoms with Gasteiger partial charge in [0.05, 0.1) is 12.2 Å². The van der Waals surface area contributed by atoms with Crippen LogP contribution < -0.4 is 0 Å². The topological polar surface area (TPSA) is 9.23 Å². The molecule has 0 aromatic carbocycles. The predicted octanol–water partition coefficient (Wildman–Crippen LogP) is 3.26. The zero-order valence-electron chi connectivity index (χ0n) is 9.50. The minimum atomic E-state index is 0.265. The lowest BCUT2D eigenvalue weighted by atomic mass is 9.75. The van der Waals surface area contributed by atoms with Crippen molar-refractivity contribution in [2.75, 3.05) is 0 Å². The van der Waals surface area contributed by atoms with Gasteiger partial charge in [0.2, 0.25) is 0 Å². The molecule has 0 aromatic heterocycles. The molecule has 1 rings (SSSR count). The summed E-state index contributed by atoms with van der Waals surface area (Å²) >= 11 is 0. The Bertz CT molecular complexity index is 197. The molecule has 76 valence electrons. The van der Waals surface area contributed by atoms with Gasteiger partial charge >= 0.3 is 0 Å². The second kappa shape index (κ2) is 3.83. The van der Waals surface area contributed by atoms with E-state index >= 15 is 0 Å². The molecule has 0 saturated carbocycles. The van der Waals surface area contributed by atoms with Gasteiger partial charge in [-0.3, -0.25) is 0 Å². The molecule has 1 aliphatic heterocycles. The quantitative estimate of drug-likeness (QED) is 0.566. The van der Waals surface area contributed by atoms with Crippen molar-refractivity contribution in [1.29, 1.82) is 0 Å². The Balaban J connectivity index is 2.76. The van der Waals surface area contributed by atoms with E-state index in [2.05, 4.69) is 41.2 Å². The van der Waals surface area contributed by atoms with Crippen LogP contribution in [0.15, 0.2) is 12.2 Å². The first-order valence-electron chi connectivity index (χ1n) is 5.26. The fraction of sp³-hybridized carbons (Fsp3) is 0.833. The van der Waals surface area contributed by atoms with Crippen LogP contribution in [-0.4, -0.2) is 12.2 Å². The summed E-state index contributed by atoms with van der Waals surface area (Å²) in [6.07, 6.45) is 0.633. The van der Waals surface area contributed by atoms with E-state index in [1.54, 1.807) is 0 Å². The Morgan fingerprint density at radius 3 is 2.00 bits per heavy atom. The van der Waals surface area contributed by atoms with E-state index in [-0.39, 0.29) is 6.10 Å². The second-order valence-corrected chi connectivity index (χ2v) is 4.69. The van der Waals surface area contributed by atoms with E-state index in [4.69, 9.17) is 4.74 Å². The van der Waals surface area contributed by atoms with Crippen LogP contribution in [0.4, 0.5) is 0 Å². The van der Waals surface area contributed by atoms with Gasteiger partial charge in [0.1, 0.15) is 0 Å². The highest BCUT2D eigenvalue weighted by atomic mass is 16.5. The van der Waals surface area contributed by atoms with Crippen LogP contribution in [-0.2, 0) is 4.74 Å². The molecule has 0 amide bonds. The molecule has 0 N–H and O–H groups in total. The fourth-order valence-electron chi connectivity index (χ4n) is 2.23. The minimum absolute atomic E-state index is 0.265. The first-order chi connectivity index (χ1) is 5.95. The highest BCUT2D eigenvalue weighted by molar-refractivity contribution is 5.04. The third kappa shape index (κ3) is 1.96. The Kier molecular flexibility index (Phi) is 3.18. The van der Waals surface area contributed by atoms with Crippen molar-refractivity contribution in [3.8, 4) is 0 Å². The molecular weight excluding hydrogens is 160 g/mol. The largest absolute Gasteiger partial charge is 0.370 e. The summed E-state index contributed by atoms with van der Waals surface area (Å²) in [6, 6.07) is 0. The predicted molar refractivity (Wildman–Crippen MR) is 56.6 cm³/mol. The maximum Gasteiger partial charge on any atom is 0.0811 e.